The Hall–Kier alpha value is -2.00. The van der Waals surface area contributed by atoms with E-state index < -0.39 is 0 Å². The molecule has 3 rings (SSSR count). The number of ether oxygens (including phenoxy) is 2. The van der Waals surface area contributed by atoms with E-state index in [1.807, 2.05) is 0 Å². The fourth-order valence-electron chi connectivity index (χ4n) is 4.16. The molecular weight excluding hydrogens is 322 g/mol. The molecule has 0 radical (unpaired) electrons. The molecule has 0 saturated carbocycles. The van der Waals surface area contributed by atoms with Crippen LogP contribution in [0.5, 0.6) is 11.5 Å². The Kier molecular flexibility index (Phi) is 6.56. The zero-order valence-corrected chi connectivity index (χ0v) is 16.2. The average molecular weight is 355 g/mol. The maximum Gasteiger partial charge on any atom is 0.138 e. The number of rotatable bonds is 4. The van der Waals surface area contributed by atoms with Crippen LogP contribution in [0.25, 0.3) is 0 Å². The molecular formula is C23H32NO2+. The van der Waals surface area contributed by atoms with Gasteiger partial charge in [-0.1, -0.05) is 19.3 Å². The Morgan fingerprint density at radius 2 is 0.885 bits per heavy atom. The summed E-state index contributed by atoms with van der Waals surface area (Å²) in [6.07, 6.45) is 9.30. The molecule has 3 nitrogen and oxygen atoms in total. The summed E-state index contributed by atoms with van der Waals surface area (Å²) < 4.78 is 11.7. The third kappa shape index (κ3) is 4.21. The van der Waals surface area contributed by atoms with Crippen molar-refractivity contribution in [1.82, 2.24) is 4.48 Å². The van der Waals surface area contributed by atoms with E-state index in [0.717, 1.165) is 29.1 Å². The molecule has 0 spiro atoms. The van der Waals surface area contributed by atoms with Crippen molar-refractivity contribution in [2.24, 2.45) is 0 Å². The topological polar surface area (TPSA) is 18.5 Å². The summed E-state index contributed by atoms with van der Waals surface area (Å²) in [6, 6.07) is 17.4. The Morgan fingerprint density at radius 3 is 1.23 bits per heavy atom. The molecule has 0 atom stereocenters. The van der Waals surface area contributed by atoms with Gasteiger partial charge >= 0.3 is 0 Å². The molecule has 0 aromatic heterocycles. The lowest BCUT2D eigenvalue weighted by Crippen LogP contribution is -2.46. The summed E-state index contributed by atoms with van der Waals surface area (Å²) in [4.78, 5) is 0. The highest BCUT2D eigenvalue weighted by Gasteiger charge is 2.33. The maximum atomic E-state index is 5.38. The van der Waals surface area contributed by atoms with Gasteiger partial charge in [0.05, 0.1) is 27.3 Å². The van der Waals surface area contributed by atoms with Gasteiger partial charge in [-0.15, -0.1) is 0 Å². The molecule has 2 aromatic rings. The van der Waals surface area contributed by atoms with E-state index in [4.69, 9.17) is 9.47 Å². The monoisotopic (exact) mass is 354 g/mol. The van der Waals surface area contributed by atoms with Crippen molar-refractivity contribution in [3.63, 3.8) is 0 Å². The van der Waals surface area contributed by atoms with E-state index in [1.165, 1.54) is 56.3 Å². The minimum atomic E-state index is 0.919. The number of quaternary nitrogens is 1. The molecule has 3 heteroatoms. The second kappa shape index (κ2) is 9.09. The SMILES string of the molecule is COc1ccc([N+]2(c3ccc(OC)cc3)CCCCCCCCC2)cc1. The lowest BCUT2D eigenvalue weighted by atomic mass is 10.0. The van der Waals surface area contributed by atoms with Crippen LogP contribution in [0.2, 0.25) is 0 Å². The van der Waals surface area contributed by atoms with Gasteiger partial charge < -0.3 is 9.47 Å². The first kappa shape index (κ1) is 18.8. The second-order valence-electron chi connectivity index (χ2n) is 7.29. The molecule has 1 aliphatic rings. The Bertz CT molecular complexity index is 604. The van der Waals surface area contributed by atoms with Gasteiger partial charge in [-0.25, -0.2) is 0 Å². The first-order valence-corrected chi connectivity index (χ1v) is 9.95. The zero-order valence-electron chi connectivity index (χ0n) is 16.2. The Labute approximate surface area is 158 Å². The summed E-state index contributed by atoms with van der Waals surface area (Å²) in [5.74, 6) is 1.84. The van der Waals surface area contributed by atoms with E-state index in [0.29, 0.717) is 0 Å². The number of hydrogen-bond donors (Lipinski definition) is 0. The molecule has 1 heterocycles. The number of nitrogens with zero attached hydrogens (tertiary/aromatic N) is 1. The fourth-order valence-corrected chi connectivity index (χ4v) is 4.16. The second-order valence-corrected chi connectivity index (χ2v) is 7.29. The van der Waals surface area contributed by atoms with Crippen LogP contribution in [0.15, 0.2) is 48.5 Å². The van der Waals surface area contributed by atoms with Crippen molar-refractivity contribution in [1.29, 1.82) is 0 Å². The predicted molar refractivity (Wildman–Crippen MR) is 109 cm³/mol. The molecule has 2 aromatic carbocycles. The van der Waals surface area contributed by atoms with Crippen molar-refractivity contribution in [2.75, 3.05) is 27.3 Å². The quantitative estimate of drug-likeness (QED) is 0.619. The Balaban J connectivity index is 2.01. The summed E-state index contributed by atoms with van der Waals surface area (Å²) in [7, 11) is 3.46. The molecule has 0 N–H and O–H groups in total. The smallest absolute Gasteiger partial charge is 0.138 e. The van der Waals surface area contributed by atoms with Crippen molar-refractivity contribution in [3.05, 3.63) is 48.5 Å². The van der Waals surface area contributed by atoms with Crippen LogP contribution in [0.3, 0.4) is 0 Å². The van der Waals surface area contributed by atoms with Crippen LogP contribution in [0.1, 0.15) is 44.9 Å². The summed E-state index contributed by atoms with van der Waals surface area (Å²) in [6.45, 7) is 2.30. The van der Waals surface area contributed by atoms with Crippen molar-refractivity contribution < 1.29 is 9.47 Å². The van der Waals surface area contributed by atoms with Gasteiger partial charge in [0.2, 0.25) is 0 Å². The van der Waals surface area contributed by atoms with Gasteiger partial charge in [-0.2, -0.15) is 0 Å². The van der Waals surface area contributed by atoms with Gasteiger partial charge in [-0.3, -0.25) is 4.48 Å². The van der Waals surface area contributed by atoms with Crippen molar-refractivity contribution in [3.8, 4) is 11.5 Å². The summed E-state index contributed by atoms with van der Waals surface area (Å²) >= 11 is 0. The highest BCUT2D eigenvalue weighted by molar-refractivity contribution is 5.60. The maximum absolute atomic E-state index is 5.38. The molecule has 0 amide bonds. The molecule has 26 heavy (non-hydrogen) atoms. The van der Waals surface area contributed by atoms with Crippen molar-refractivity contribution in [2.45, 2.75) is 44.9 Å². The lowest BCUT2D eigenvalue weighted by molar-refractivity contribution is 0.343. The van der Waals surface area contributed by atoms with Crippen LogP contribution >= 0.6 is 0 Å². The van der Waals surface area contributed by atoms with Crippen LogP contribution in [0, 0.1) is 0 Å². The van der Waals surface area contributed by atoms with E-state index >= 15 is 0 Å². The van der Waals surface area contributed by atoms with Gasteiger partial charge in [0.1, 0.15) is 22.9 Å². The van der Waals surface area contributed by atoms with Crippen molar-refractivity contribution >= 4 is 11.4 Å². The third-order valence-electron chi connectivity index (χ3n) is 5.71. The van der Waals surface area contributed by atoms with E-state index in [2.05, 4.69) is 48.5 Å². The Morgan fingerprint density at radius 1 is 0.538 bits per heavy atom. The molecule has 1 fully saturated rings. The van der Waals surface area contributed by atoms with E-state index in [-0.39, 0.29) is 0 Å². The molecule has 0 unspecified atom stereocenters. The third-order valence-corrected chi connectivity index (χ3v) is 5.71. The summed E-state index contributed by atoms with van der Waals surface area (Å²) in [5, 5.41) is 0. The van der Waals surface area contributed by atoms with Crippen LogP contribution in [0.4, 0.5) is 11.4 Å². The van der Waals surface area contributed by atoms with Crippen LogP contribution in [-0.4, -0.2) is 27.3 Å². The van der Waals surface area contributed by atoms with Gasteiger partial charge in [0.15, 0.2) is 0 Å². The average Bonchev–Trinajstić information content (AvgIpc) is 2.72. The minimum absolute atomic E-state index is 0.919. The number of benzene rings is 2. The minimum Gasteiger partial charge on any atom is -0.497 e. The van der Waals surface area contributed by atoms with Crippen LogP contribution in [-0.2, 0) is 0 Å². The summed E-state index contributed by atoms with van der Waals surface area (Å²) in [5.41, 5.74) is 2.72. The highest BCUT2D eigenvalue weighted by Crippen LogP contribution is 2.38. The molecule has 0 bridgehead atoms. The standard InChI is InChI=1S/C23H32NO2/c1-25-22-14-10-20(11-15-22)24(21-12-16-23(26-2)17-13-21)18-8-6-4-3-5-7-9-19-24/h10-17H,3-9,18-19H2,1-2H3/q+1. The van der Waals surface area contributed by atoms with E-state index in [9.17, 15) is 0 Å². The molecule has 1 aliphatic heterocycles. The van der Waals surface area contributed by atoms with Gasteiger partial charge in [-0.05, 0) is 49.9 Å². The molecule has 1 saturated heterocycles. The van der Waals surface area contributed by atoms with Gasteiger partial charge in [0, 0.05) is 24.3 Å². The first-order valence-electron chi connectivity index (χ1n) is 9.95. The predicted octanol–water partition coefficient (Wildman–Crippen LogP) is 6.09. The van der Waals surface area contributed by atoms with Crippen LogP contribution < -0.4 is 14.0 Å². The van der Waals surface area contributed by atoms with Gasteiger partial charge in [0.25, 0.3) is 0 Å². The number of methoxy groups -OCH3 is 2. The fraction of sp³-hybridized carbons (Fsp3) is 0.478. The zero-order chi connectivity index (χ0) is 18.2. The first-order chi connectivity index (χ1) is 12.8. The number of hydrogen-bond acceptors (Lipinski definition) is 2. The van der Waals surface area contributed by atoms with E-state index in [1.54, 1.807) is 14.2 Å². The normalized spacial score (nSPS) is 18.1. The molecule has 140 valence electrons. The largest absolute Gasteiger partial charge is 0.497 e. The lowest BCUT2D eigenvalue weighted by Gasteiger charge is -2.38. The molecule has 0 aliphatic carbocycles. The highest BCUT2D eigenvalue weighted by atomic mass is 16.5.